The highest BCUT2D eigenvalue weighted by molar-refractivity contribution is 6.03. The average molecular weight is 353 g/mol. The van der Waals surface area contributed by atoms with Gasteiger partial charge in [0.1, 0.15) is 0 Å². The first kappa shape index (κ1) is 21.8. The smallest absolute Gasteiger partial charge is 0.233 e. The van der Waals surface area contributed by atoms with E-state index in [1.165, 1.54) is 4.90 Å². The molecule has 2 N–H and O–H groups in total. The minimum Gasteiger partial charge on any atom is -0.395 e. The molecule has 0 bridgehead atoms. The molecule has 1 heterocycles. The molecule has 0 aromatic rings. The summed E-state index contributed by atoms with van der Waals surface area (Å²) in [6.45, 7) is 18.5. The fourth-order valence-corrected chi connectivity index (χ4v) is 4.63. The lowest BCUT2D eigenvalue weighted by Crippen LogP contribution is -2.41. The van der Waals surface area contributed by atoms with Crippen molar-refractivity contribution >= 4 is 11.8 Å². The van der Waals surface area contributed by atoms with E-state index in [2.05, 4.69) is 46.5 Å². The number of allylic oxidation sites excluding steroid dienone is 1. The van der Waals surface area contributed by atoms with Gasteiger partial charge in [0.2, 0.25) is 11.8 Å². The Morgan fingerprint density at radius 1 is 1.28 bits per heavy atom. The molecule has 1 fully saturated rings. The Morgan fingerprint density at radius 2 is 1.88 bits per heavy atom. The predicted molar refractivity (Wildman–Crippen MR) is 101 cm³/mol. The zero-order chi connectivity index (χ0) is 19.4. The minimum absolute atomic E-state index is 0.0152. The lowest BCUT2D eigenvalue weighted by atomic mass is 9.62. The molecule has 0 spiro atoms. The van der Waals surface area contributed by atoms with Gasteiger partial charge in [-0.1, -0.05) is 46.8 Å². The van der Waals surface area contributed by atoms with Crippen LogP contribution in [0.4, 0.5) is 0 Å². The number of carbonyl (C=O) groups excluding carboxylic acids is 2. The van der Waals surface area contributed by atoms with Crippen LogP contribution in [0.3, 0.4) is 0 Å². The van der Waals surface area contributed by atoms with Gasteiger partial charge in [0, 0.05) is 26.1 Å². The fourth-order valence-electron chi connectivity index (χ4n) is 4.63. The van der Waals surface area contributed by atoms with Gasteiger partial charge in [0.05, 0.1) is 12.5 Å². The van der Waals surface area contributed by atoms with Gasteiger partial charge in [-0.2, -0.15) is 0 Å². The molecule has 144 valence electrons. The van der Waals surface area contributed by atoms with Crippen LogP contribution >= 0.6 is 0 Å². The number of likely N-dealkylation sites (tertiary alicyclic amines) is 1. The minimum atomic E-state index is -0.319. The second kappa shape index (κ2) is 8.45. The van der Waals surface area contributed by atoms with Crippen molar-refractivity contribution in [3.63, 3.8) is 0 Å². The summed E-state index contributed by atoms with van der Waals surface area (Å²) in [6, 6.07) is 0. The molecular formula is C20H36N2O3. The van der Waals surface area contributed by atoms with Gasteiger partial charge in [-0.25, -0.2) is 0 Å². The molecule has 5 nitrogen and oxygen atoms in total. The summed E-state index contributed by atoms with van der Waals surface area (Å²) in [5.74, 6) is -0.511. The lowest BCUT2D eigenvalue weighted by Gasteiger charge is -2.42. The van der Waals surface area contributed by atoms with Gasteiger partial charge in [0.15, 0.2) is 0 Å². The van der Waals surface area contributed by atoms with Crippen LogP contribution in [0.5, 0.6) is 0 Å². The molecule has 2 unspecified atom stereocenters. The molecule has 1 aliphatic rings. The zero-order valence-corrected chi connectivity index (χ0v) is 16.8. The van der Waals surface area contributed by atoms with Crippen molar-refractivity contribution in [2.24, 2.45) is 22.7 Å². The van der Waals surface area contributed by atoms with Gasteiger partial charge in [-0.05, 0) is 30.1 Å². The van der Waals surface area contributed by atoms with Crippen LogP contribution in [0.25, 0.3) is 0 Å². The van der Waals surface area contributed by atoms with E-state index in [1.807, 2.05) is 6.92 Å². The van der Waals surface area contributed by atoms with Crippen LogP contribution in [0.15, 0.2) is 12.2 Å². The summed E-state index contributed by atoms with van der Waals surface area (Å²) in [5.41, 5.74) is 0.993. The Kier molecular flexibility index (Phi) is 7.39. The Morgan fingerprint density at radius 3 is 2.36 bits per heavy atom. The summed E-state index contributed by atoms with van der Waals surface area (Å²) in [6.07, 6.45) is 1.22. The first-order chi connectivity index (χ1) is 11.4. The molecule has 25 heavy (non-hydrogen) atoms. The maximum Gasteiger partial charge on any atom is 0.233 e. The first-order valence-electron chi connectivity index (χ1n) is 9.22. The molecule has 0 aromatic heterocycles. The standard InChI is InChI=1S/C20H36N2O3/c1-14(2)17(20(6,7)13-19(3,4)5)15-12-16(24)22(18(15)25)10-8-21-9-11-23/h15,17,21,23H,1,8-13H2,2-7H3. The van der Waals surface area contributed by atoms with E-state index in [0.29, 0.717) is 19.6 Å². The second-order valence-corrected chi connectivity index (χ2v) is 9.22. The Balaban J connectivity index is 2.93. The number of rotatable bonds is 9. The third kappa shape index (κ3) is 5.93. The van der Waals surface area contributed by atoms with E-state index in [9.17, 15) is 9.59 Å². The topological polar surface area (TPSA) is 69.6 Å². The maximum atomic E-state index is 12.9. The summed E-state index contributed by atoms with van der Waals surface area (Å²) >= 11 is 0. The van der Waals surface area contributed by atoms with E-state index in [-0.39, 0.29) is 47.5 Å². The van der Waals surface area contributed by atoms with Crippen molar-refractivity contribution in [2.75, 3.05) is 26.2 Å². The highest BCUT2D eigenvalue weighted by Crippen LogP contribution is 2.47. The number of imide groups is 1. The van der Waals surface area contributed by atoms with Crippen molar-refractivity contribution in [1.29, 1.82) is 0 Å². The van der Waals surface area contributed by atoms with Gasteiger partial charge in [-0.15, -0.1) is 0 Å². The third-order valence-electron chi connectivity index (χ3n) is 4.84. The van der Waals surface area contributed by atoms with Gasteiger partial charge < -0.3 is 10.4 Å². The molecular weight excluding hydrogens is 316 g/mol. The molecule has 2 amide bonds. The highest BCUT2D eigenvalue weighted by atomic mass is 16.3. The lowest BCUT2D eigenvalue weighted by molar-refractivity contribution is -0.140. The van der Waals surface area contributed by atoms with E-state index in [0.717, 1.165) is 12.0 Å². The number of hydrogen-bond acceptors (Lipinski definition) is 4. The number of carbonyl (C=O) groups is 2. The van der Waals surface area contributed by atoms with Crippen LogP contribution in [-0.4, -0.2) is 48.1 Å². The Hall–Kier alpha value is -1.20. The third-order valence-corrected chi connectivity index (χ3v) is 4.84. The molecule has 5 heteroatoms. The van der Waals surface area contributed by atoms with Crippen molar-refractivity contribution < 1.29 is 14.7 Å². The largest absolute Gasteiger partial charge is 0.395 e. The van der Waals surface area contributed by atoms with Crippen LogP contribution in [0.2, 0.25) is 0 Å². The molecule has 0 aliphatic carbocycles. The van der Waals surface area contributed by atoms with Crippen molar-refractivity contribution in [3.8, 4) is 0 Å². The van der Waals surface area contributed by atoms with Crippen LogP contribution in [-0.2, 0) is 9.59 Å². The maximum absolute atomic E-state index is 12.9. The quantitative estimate of drug-likeness (QED) is 0.380. The summed E-state index contributed by atoms with van der Waals surface area (Å²) in [4.78, 5) is 26.7. The van der Waals surface area contributed by atoms with E-state index in [1.54, 1.807) is 0 Å². The molecule has 0 aromatic carbocycles. The van der Waals surface area contributed by atoms with Crippen LogP contribution in [0.1, 0.15) is 54.4 Å². The molecule has 1 rings (SSSR count). The molecule has 0 radical (unpaired) electrons. The Labute approximate surface area is 152 Å². The van der Waals surface area contributed by atoms with Crippen LogP contribution < -0.4 is 5.32 Å². The van der Waals surface area contributed by atoms with Gasteiger partial charge in [0.25, 0.3) is 0 Å². The van der Waals surface area contributed by atoms with Crippen LogP contribution in [0, 0.1) is 22.7 Å². The van der Waals surface area contributed by atoms with Crippen molar-refractivity contribution in [1.82, 2.24) is 10.2 Å². The molecule has 2 atom stereocenters. The fraction of sp³-hybridized carbons (Fsp3) is 0.800. The number of nitrogens with zero attached hydrogens (tertiary/aromatic N) is 1. The summed E-state index contributed by atoms with van der Waals surface area (Å²) in [5, 5.41) is 11.8. The monoisotopic (exact) mass is 352 g/mol. The Bertz CT molecular complexity index is 506. The normalized spacial score (nSPS) is 20.3. The highest BCUT2D eigenvalue weighted by Gasteiger charge is 2.48. The number of amides is 2. The molecule has 1 saturated heterocycles. The van der Waals surface area contributed by atoms with E-state index in [4.69, 9.17) is 5.11 Å². The van der Waals surface area contributed by atoms with Gasteiger partial charge in [-0.3, -0.25) is 14.5 Å². The first-order valence-corrected chi connectivity index (χ1v) is 9.22. The van der Waals surface area contributed by atoms with Crippen molar-refractivity contribution in [2.45, 2.75) is 54.4 Å². The van der Waals surface area contributed by atoms with Gasteiger partial charge >= 0.3 is 0 Å². The number of aliphatic hydroxyl groups excluding tert-OH is 1. The average Bonchev–Trinajstić information content (AvgIpc) is 2.67. The number of hydrogen-bond donors (Lipinski definition) is 2. The van der Waals surface area contributed by atoms with E-state index < -0.39 is 0 Å². The number of aliphatic hydroxyl groups is 1. The summed E-state index contributed by atoms with van der Waals surface area (Å²) < 4.78 is 0. The van der Waals surface area contributed by atoms with E-state index >= 15 is 0 Å². The summed E-state index contributed by atoms with van der Waals surface area (Å²) in [7, 11) is 0. The predicted octanol–water partition coefficient (Wildman–Crippen LogP) is 2.60. The van der Waals surface area contributed by atoms with Crippen molar-refractivity contribution in [3.05, 3.63) is 12.2 Å². The zero-order valence-electron chi connectivity index (χ0n) is 16.8. The second-order valence-electron chi connectivity index (χ2n) is 9.22. The SMILES string of the molecule is C=C(C)C(C1CC(=O)N(CCNCCO)C1=O)C(C)(C)CC(C)(C)C. The molecule has 1 aliphatic heterocycles. The molecule has 0 saturated carbocycles. The number of nitrogens with one attached hydrogen (secondary N) is 1.